The molecule has 2 aromatic carbocycles. The smallest absolute Gasteiger partial charge is 0.265 e. The van der Waals surface area contributed by atoms with Gasteiger partial charge in [0.2, 0.25) is 0 Å². The van der Waals surface area contributed by atoms with E-state index in [1.165, 1.54) is 0 Å². The summed E-state index contributed by atoms with van der Waals surface area (Å²) < 4.78 is 16.2. The second-order valence-corrected chi connectivity index (χ2v) is 4.88. The predicted molar refractivity (Wildman–Crippen MR) is 89.3 cm³/mol. The molecule has 0 aromatic heterocycles. The molecule has 0 radical (unpaired) electrons. The third kappa shape index (κ3) is 4.39. The number of benzene rings is 2. The highest BCUT2D eigenvalue weighted by Crippen LogP contribution is 2.29. The monoisotopic (exact) mass is 315 g/mol. The van der Waals surface area contributed by atoms with Gasteiger partial charge < -0.3 is 19.5 Å². The molecule has 1 amide bonds. The van der Waals surface area contributed by atoms with Crippen LogP contribution in [0.15, 0.2) is 48.5 Å². The standard InChI is InChI=1S/C18H21NO4/c1-4-16(23-13-8-6-5-7-9-13)18(20)19-15-12-14(21-2)10-11-17(15)22-3/h5-12,16H,4H2,1-3H3,(H,19,20)/t16-/m0/s1. The summed E-state index contributed by atoms with van der Waals surface area (Å²) in [6, 6.07) is 14.5. The van der Waals surface area contributed by atoms with Gasteiger partial charge in [-0.2, -0.15) is 0 Å². The lowest BCUT2D eigenvalue weighted by atomic mass is 10.2. The minimum absolute atomic E-state index is 0.233. The Bertz CT molecular complexity index is 643. The molecular weight excluding hydrogens is 294 g/mol. The zero-order chi connectivity index (χ0) is 16.7. The van der Waals surface area contributed by atoms with Crippen molar-refractivity contribution in [3.8, 4) is 17.2 Å². The average molecular weight is 315 g/mol. The molecule has 0 aliphatic carbocycles. The predicted octanol–water partition coefficient (Wildman–Crippen LogP) is 3.50. The first-order chi connectivity index (χ1) is 11.2. The fraction of sp³-hybridized carbons (Fsp3) is 0.278. The van der Waals surface area contributed by atoms with Crippen LogP contribution in [0.2, 0.25) is 0 Å². The lowest BCUT2D eigenvalue weighted by Crippen LogP contribution is -2.32. The Hall–Kier alpha value is -2.69. The van der Waals surface area contributed by atoms with Crippen molar-refractivity contribution in [2.45, 2.75) is 19.4 Å². The second kappa shape index (κ2) is 8.08. The van der Waals surface area contributed by atoms with E-state index < -0.39 is 6.10 Å². The number of hydrogen-bond donors (Lipinski definition) is 1. The fourth-order valence-corrected chi connectivity index (χ4v) is 2.11. The van der Waals surface area contributed by atoms with Gasteiger partial charge in [-0.1, -0.05) is 25.1 Å². The third-order valence-electron chi connectivity index (χ3n) is 3.35. The van der Waals surface area contributed by atoms with Crippen LogP contribution in [0.1, 0.15) is 13.3 Å². The van der Waals surface area contributed by atoms with Gasteiger partial charge in [0.15, 0.2) is 6.10 Å². The lowest BCUT2D eigenvalue weighted by molar-refractivity contribution is -0.122. The molecule has 0 bridgehead atoms. The van der Waals surface area contributed by atoms with Crippen molar-refractivity contribution in [3.05, 3.63) is 48.5 Å². The highest BCUT2D eigenvalue weighted by molar-refractivity contribution is 5.95. The maximum atomic E-state index is 12.5. The number of nitrogens with one attached hydrogen (secondary N) is 1. The van der Waals surface area contributed by atoms with Gasteiger partial charge in [0.25, 0.3) is 5.91 Å². The molecule has 122 valence electrons. The van der Waals surface area contributed by atoms with Crippen molar-refractivity contribution in [2.75, 3.05) is 19.5 Å². The summed E-state index contributed by atoms with van der Waals surface area (Å²) in [5.41, 5.74) is 0.548. The number of hydrogen-bond acceptors (Lipinski definition) is 4. The van der Waals surface area contributed by atoms with E-state index in [1.54, 1.807) is 32.4 Å². The first-order valence-electron chi connectivity index (χ1n) is 7.42. The molecule has 0 aliphatic rings. The molecule has 0 saturated heterocycles. The molecule has 0 heterocycles. The van der Waals surface area contributed by atoms with E-state index in [9.17, 15) is 4.79 Å². The second-order valence-electron chi connectivity index (χ2n) is 4.88. The average Bonchev–Trinajstić information content (AvgIpc) is 2.60. The van der Waals surface area contributed by atoms with Crippen molar-refractivity contribution in [2.24, 2.45) is 0 Å². The number of amides is 1. The minimum atomic E-state index is -0.590. The van der Waals surface area contributed by atoms with E-state index in [0.717, 1.165) is 0 Å². The van der Waals surface area contributed by atoms with Crippen LogP contribution in [-0.4, -0.2) is 26.2 Å². The quantitative estimate of drug-likeness (QED) is 0.849. The zero-order valence-corrected chi connectivity index (χ0v) is 13.5. The number of ether oxygens (including phenoxy) is 3. The van der Waals surface area contributed by atoms with Gasteiger partial charge in [-0.15, -0.1) is 0 Å². The SMILES string of the molecule is CC[C@H](Oc1ccccc1)C(=O)Nc1cc(OC)ccc1OC. The lowest BCUT2D eigenvalue weighted by Gasteiger charge is -2.18. The van der Waals surface area contributed by atoms with E-state index >= 15 is 0 Å². The largest absolute Gasteiger partial charge is 0.497 e. The summed E-state index contributed by atoms with van der Waals surface area (Å²) in [5.74, 6) is 1.63. The van der Waals surface area contributed by atoms with Gasteiger partial charge in [-0.05, 0) is 30.7 Å². The third-order valence-corrected chi connectivity index (χ3v) is 3.35. The van der Waals surface area contributed by atoms with Crippen molar-refractivity contribution >= 4 is 11.6 Å². The molecule has 0 unspecified atom stereocenters. The first kappa shape index (κ1) is 16.7. The summed E-state index contributed by atoms with van der Waals surface area (Å²) in [6.45, 7) is 1.90. The molecule has 23 heavy (non-hydrogen) atoms. The van der Waals surface area contributed by atoms with Crippen molar-refractivity contribution in [1.82, 2.24) is 0 Å². The van der Waals surface area contributed by atoms with Crippen LogP contribution < -0.4 is 19.5 Å². The van der Waals surface area contributed by atoms with Crippen molar-refractivity contribution in [3.63, 3.8) is 0 Å². The summed E-state index contributed by atoms with van der Waals surface area (Å²) in [6.07, 6.45) is -0.0409. The Morgan fingerprint density at radius 3 is 2.39 bits per heavy atom. The number of methoxy groups -OCH3 is 2. The normalized spacial score (nSPS) is 11.4. The number of carbonyl (C=O) groups excluding carboxylic acids is 1. The Balaban J connectivity index is 2.13. The fourth-order valence-electron chi connectivity index (χ4n) is 2.11. The highest BCUT2D eigenvalue weighted by Gasteiger charge is 2.20. The Morgan fingerprint density at radius 2 is 1.78 bits per heavy atom. The van der Waals surface area contributed by atoms with E-state index in [0.29, 0.717) is 29.4 Å². The van der Waals surface area contributed by atoms with Gasteiger partial charge in [0.1, 0.15) is 17.2 Å². The summed E-state index contributed by atoms with van der Waals surface area (Å²) in [5, 5.41) is 2.84. The number of anilines is 1. The Labute approximate surface area is 136 Å². The van der Waals surface area contributed by atoms with Crippen LogP contribution in [0.4, 0.5) is 5.69 Å². The van der Waals surface area contributed by atoms with Crippen LogP contribution in [0.3, 0.4) is 0 Å². The molecule has 5 heteroatoms. The van der Waals surface area contributed by atoms with Gasteiger partial charge >= 0.3 is 0 Å². The number of rotatable bonds is 7. The molecule has 0 saturated carbocycles. The van der Waals surface area contributed by atoms with E-state index in [2.05, 4.69) is 5.32 Å². The molecule has 2 rings (SSSR count). The maximum Gasteiger partial charge on any atom is 0.265 e. The topological polar surface area (TPSA) is 56.8 Å². The Kier molecular flexibility index (Phi) is 5.86. The molecule has 1 N–H and O–H groups in total. The van der Waals surface area contributed by atoms with Crippen LogP contribution in [0, 0.1) is 0 Å². The minimum Gasteiger partial charge on any atom is -0.497 e. The Morgan fingerprint density at radius 1 is 1.04 bits per heavy atom. The molecule has 0 aliphatic heterocycles. The van der Waals surface area contributed by atoms with Crippen molar-refractivity contribution in [1.29, 1.82) is 0 Å². The van der Waals surface area contributed by atoms with E-state index in [-0.39, 0.29) is 5.91 Å². The first-order valence-corrected chi connectivity index (χ1v) is 7.42. The van der Waals surface area contributed by atoms with Crippen LogP contribution in [0.5, 0.6) is 17.2 Å². The van der Waals surface area contributed by atoms with Crippen molar-refractivity contribution < 1.29 is 19.0 Å². The molecule has 0 spiro atoms. The molecule has 0 fully saturated rings. The van der Waals surface area contributed by atoms with Gasteiger partial charge in [0, 0.05) is 6.07 Å². The number of carbonyl (C=O) groups is 1. The van der Waals surface area contributed by atoms with Crippen LogP contribution in [-0.2, 0) is 4.79 Å². The molecule has 2 aromatic rings. The summed E-state index contributed by atoms with van der Waals surface area (Å²) in [7, 11) is 3.12. The van der Waals surface area contributed by atoms with Gasteiger partial charge in [-0.25, -0.2) is 0 Å². The van der Waals surface area contributed by atoms with Gasteiger partial charge in [0.05, 0.1) is 19.9 Å². The molecule has 5 nitrogen and oxygen atoms in total. The van der Waals surface area contributed by atoms with Crippen LogP contribution >= 0.6 is 0 Å². The molecular formula is C18H21NO4. The highest BCUT2D eigenvalue weighted by atomic mass is 16.5. The van der Waals surface area contributed by atoms with Crippen LogP contribution in [0.25, 0.3) is 0 Å². The summed E-state index contributed by atoms with van der Waals surface area (Å²) >= 11 is 0. The summed E-state index contributed by atoms with van der Waals surface area (Å²) in [4.78, 5) is 12.5. The number of para-hydroxylation sites is 1. The van der Waals surface area contributed by atoms with Gasteiger partial charge in [-0.3, -0.25) is 4.79 Å². The van der Waals surface area contributed by atoms with E-state index in [1.807, 2.05) is 37.3 Å². The van der Waals surface area contributed by atoms with E-state index in [4.69, 9.17) is 14.2 Å². The molecule has 1 atom stereocenters. The maximum absolute atomic E-state index is 12.5. The zero-order valence-electron chi connectivity index (χ0n) is 13.5.